The summed E-state index contributed by atoms with van der Waals surface area (Å²) in [5, 5.41) is 18.7. The molecule has 2 aliphatic heterocycles. The van der Waals surface area contributed by atoms with E-state index in [9.17, 15) is 5.11 Å². The van der Waals surface area contributed by atoms with Gasteiger partial charge in [0.15, 0.2) is 0 Å². The molecule has 0 saturated carbocycles. The van der Waals surface area contributed by atoms with Crippen LogP contribution in [-0.4, -0.2) is 81.7 Å². The summed E-state index contributed by atoms with van der Waals surface area (Å²) in [4.78, 5) is 4.88. The number of aromatic nitrogens is 3. The zero-order valence-electron chi connectivity index (χ0n) is 16.4. The summed E-state index contributed by atoms with van der Waals surface area (Å²) in [6.07, 6.45) is 5.08. The maximum absolute atomic E-state index is 9.66. The van der Waals surface area contributed by atoms with Gasteiger partial charge in [-0.05, 0) is 38.6 Å². The summed E-state index contributed by atoms with van der Waals surface area (Å²) in [5.41, 5.74) is 0. The van der Waals surface area contributed by atoms with Crippen molar-refractivity contribution in [2.45, 2.75) is 57.6 Å². The Morgan fingerprint density at radius 3 is 2.65 bits per heavy atom. The van der Waals surface area contributed by atoms with Crippen LogP contribution in [0.5, 0.6) is 0 Å². The largest absolute Gasteiger partial charge is 0.393 e. The summed E-state index contributed by atoms with van der Waals surface area (Å²) in [7, 11) is 2.10. The third-order valence-electron chi connectivity index (χ3n) is 5.69. The van der Waals surface area contributed by atoms with Crippen molar-refractivity contribution in [3.63, 3.8) is 0 Å². The van der Waals surface area contributed by atoms with Crippen LogP contribution in [0.25, 0.3) is 0 Å². The molecule has 1 N–H and O–H groups in total. The molecule has 1 atom stereocenters. The zero-order valence-corrected chi connectivity index (χ0v) is 16.4. The van der Waals surface area contributed by atoms with E-state index in [0.717, 1.165) is 83.4 Å². The van der Waals surface area contributed by atoms with E-state index in [1.807, 2.05) is 0 Å². The second-order valence-electron chi connectivity index (χ2n) is 7.79. The van der Waals surface area contributed by atoms with Crippen LogP contribution >= 0.6 is 0 Å². The van der Waals surface area contributed by atoms with Crippen molar-refractivity contribution in [3.8, 4) is 0 Å². The molecule has 26 heavy (non-hydrogen) atoms. The van der Waals surface area contributed by atoms with Gasteiger partial charge in [-0.15, -0.1) is 10.2 Å². The Bertz CT molecular complexity index is 542. The van der Waals surface area contributed by atoms with Crippen LogP contribution in [0.1, 0.15) is 56.6 Å². The number of rotatable bonds is 8. The standard InChI is InChI=1S/C19H35N5O2/c1-3-12-26-13-11-23-8-4-5-16(14-23)19-21-20-18(22(19)2)15-24-9-6-17(25)7-10-24/h16-17,25H,3-15H2,1-2H3. The lowest BCUT2D eigenvalue weighted by atomic mass is 9.97. The first kappa shape index (κ1) is 19.7. The Morgan fingerprint density at radius 2 is 1.88 bits per heavy atom. The van der Waals surface area contributed by atoms with Crippen molar-refractivity contribution < 1.29 is 9.84 Å². The van der Waals surface area contributed by atoms with Crippen LogP contribution in [0.4, 0.5) is 0 Å². The fraction of sp³-hybridized carbons (Fsp3) is 0.895. The molecule has 0 radical (unpaired) electrons. The van der Waals surface area contributed by atoms with Gasteiger partial charge in [0, 0.05) is 45.8 Å². The third-order valence-corrected chi connectivity index (χ3v) is 5.69. The molecule has 148 valence electrons. The predicted octanol–water partition coefficient (Wildman–Crippen LogP) is 1.38. The topological polar surface area (TPSA) is 66.7 Å². The Morgan fingerprint density at radius 1 is 1.08 bits per heavy atom. The lowest BCUT2D eigenvalue weighted by molar-refractivity contribution is 0.0775. The van der Waals surface area contributed by atoms with Crippen LogP contribution in [0.15, 0.2) is 0 Å². The molecule has 3 heterocycles. The van der Waals surface area contributed by atoms with Gasteiger partial charge in [-0.25, -0.2) is 0 Å². The molecule has 7 nitrogen and oxygen atoms in total. The Hall–Kier alpha value is -1.02. The average Bonchev–Trinajstić information content (AvgIpc) is 3.01. The van der Waals surface area contributed by atoms with Crippen LogP contribution in [0.2, 0.25) is 0 Å². The van der Waals surface area contributed by atoms with Crippen LogP contribution in [0, 0.1) is 0 Å². The van der Waals surface area contributed by atoms with Crippen molar-refractivity contribution in [1.82, 2.24) is 24.6 Å². The number of hydrogen-bond donors (Lipinski definition) is 1. The fourth-order valence-electron chi connectivity index (χ4n) is 4.06. The smallest absolute Gasteiger partial charge is 0.146 e. The molecule has 0 bridgehead atoms. The van der Waals surface area contributed by atoms with Crippen LogP contribution in [0.3, 0.4) is 0 Å². The third kappa shape index (κ3) is 5.25. The summed E-state index contributed by atoms with van der Waals surface area (Å²) in [5.74, 6) is 2.63. The van der Waals surface area contributed by atoms with Gasteiger partial charge < -0.3 is 19.3 Å². The molecule has 0 spiro atoms. The summed E-state index contributed by atoms with van der Waals surface area (Å²) < 4.78 is 7.85. The molecule has 0 aromatic carbocycles. The molecule has 0 amide bonds. The second kappa shape index (κ2) is 9.78. The zero-order chi connectivity index (χ0) is 18.4. The summed E-state index contributed by atoms with van der Waals surface area (Å²) in [6, 6.07) is 0. The Kier molecular flexibility index (Phi) is 7.42. The van der Waals surface area contributed by atoms with E-state index < -0.39 is 0 Å². The molecule has 3 rings (SSSR count). The molecule has 2 saturated heterocycles. The number of hydrogen-bond acceptors (Lipinski definition) is 6. The lowest BCUT2D eigenvalue weighted by Gasteiger charge is -2.32. The quantitative estimate of drug-likeness (QED) is 0.702. The van der Waals surface area contributed by atoms with E-state index >= 15 is 0 Å². The molecular weight excluding hydrogens is 330 g/mol. The van der Waals surface area contributed by atoms with E-state index in [1.165, 1.54) is 12.8 Å². The number of likely N-dealkylation sites (tertiary alicyclic amines) is 2. The van der Waals surface area contributed by atoms with Crippen molar-refractivity contribution in [1.29, 1.82) is 0 Å². The molecule has 1 aromatic heterocycles. The Labute approximate surface area is 157 Å². The summed E-state index contributed by atoms with van der Waals surface area (Å²) >= 11 is 0. The van der Waals surface area contributed by atoms with Gasteiger partial charge >= 0.3 is 0 Å². The second-order valence-corrected chi connectivity index (χ2v) is 7.79. The first-order valence-corrected chi connectivity index (χ1v) is 10.3. The van der Waals surface area contributed by atoms with Crippen molar-refractivity contribution in [2.75, 3.05) is 45.9 Å². The average molecular weight is 366 g/mol. The monoisotopic (exact) mass is 365 g/mol. The molecule has 2 fully saturated rings. The van der Waals surface area contributed by atoms with Gasteiger partial charge in [-0.2, -0.15) is 0 Å². The maximum Gasteiger partial charge on any atom is 0.146 e. The minimum Gasteiger partial charge on any atom is -0.393 e. The van der Waals surface area contributed by atoms with E-state index in [2.05, 4.69) is 38.5 Å². The normalized spacial score (nSPS) is 23.6. The predicted molar refractivity (Wildman–Crippen MR) is 101 cm³/mol. The number of piperidine rings is 2. The number of aliphatic hydroxyl groups is 1. The van der Waals surface area contributed by atoms with Crippen molar-refractivity contribution in [2.24, 2.45) is 7.05 Å². The van der Waals surface area contributed by atoms with Gasteiger partial charge in [0.25, 0.3) is 0 Å². The minimum atomic E-state index is -0.129. The SMILES string of the molecule is CCCOCCN1CCCC(c2nnc(CN3CCC(O)CC3)n2C)C1. The first-order chi connectivity index (χ1) is 12.7. The van der Waals surface area contributed by atoms with E-state index in [0.29, 0.717) is 5.92 Å². The molecule has 1 aromatic rings. The molecule has 0 aliphatic carbocycles. The van der Waals surface area contributed by atoms with Gasteiger partial charge in [-0.1, -0.05) is 6.92 Å². The van der Waals surface area contributed by atoms with Gasteiger partial charge in [-0.3, -0.25) is 4.90 Å². The van der Waals surface area contributed by atoms with Crippen LogP contribution < -0.4 is 0 Å². The molecule has 2 aliphatic rings. The van der Waals surface area contributed by atoms with E-state index in [4.69, 9.17) is 4.74 Å². The summed E-state index contributed by atoms with van der Waals surface area (Å²) in [6.45, 7) is 9.77. The molecule has 7 heteroatoms. The van der Waals surface area contributed by atoms with E-state index in [1.54, 1.807) is 0 Å². The highest BCUT2D eigenvalue weighted by Gasteiger charge is 2.26. The first-order valence-electron chi connectivity index (χ1n) is 10.3. The van der Waals surface area contributed by atoms with Gasteiger partial charge in [0.05, 0.1) is 19.3 Å². The lowest BCUT2D eigenvalue weighted by Crippen LogP contribution is -2.37. The Balaban J connectivity index is 1.53. The van der Waals surface area contributed by atoms with Crippen LogP contribution in [-0.2, 0) is 18.3 Å². The number of ether oxygens (including phenoxy) is 1. The highest BCUT2D eigenvalue weighted by atomic mass is 16.5. The van der Waals surface area contributed by atoms with Crippen molar-refractivity contribution >= 4 is 0 Å². The highest BCUT2D eigenvalue weighted by Crippen LogP contribution is 2.26. The molecular formula is C19H35N5O2. The minimum absolute atomic E-state index is 0.129. The molecule has 1 unspecified atom stereocenters. The van der Waals surface area contributed by atoms with Gasteiger partial charge in [0.2, 0.25) is 0 Å². The van der Waals surface area contributed by atoms with Crippen molar-refractivity contribution in [3.05, 3.63) is 11.6 Å². The maximum atomic E-state index is 9.66. The number of aliphatic hydroxyl groups excluding tert-OH is 1. The van der Waals surface area contributed by atoms with Gasteiger partial charge in [0.1, 0.15) is 11.6 Å². The highest BCUT2D eigenvalue weighted by molar-refractivity contribution is 5.04. The van der Waals surface area contributed by atoms with E-state index in [-0.39, 0.29) is 6.10 Å². The fourth-order valence-corrected chi connectivity index (χ4v) is 4.06. The number of nitrogens with zero attached hydrogens (tertiary/aromatic N) is 5.